The lowest BCUT2D eigenvalue weighted by atomic mass is 10.1. The Balaban J connectivity index is 1.80. The van der Waals surface area contributed by atoms with E-state index in [1.165, 1.54) is 47.5 Å². The zero-order valence-corrected chi connectivity index (χ0v) is 22.3. The van der Waals surface area contributed by atoms with Gasteiger partial charge in [0.05, 0.1) is 6.26 Å². The van der Waals surface area contributed by atoms with E-state index < -0.39 is 40.2 Å². The molecule has 0 radical (unpaired) electrons. The van der Waals surface area contributed by atoms with Gasteiger partial charge >= 0.3 is 11.9 Å². The molecule has 2 atom stereocenters. The second-order valence-electron chi connectivity index (χ2n) is 9.37. The molecule has 0 spiro atoms. The van der Waals surface area contributed by atoms with E-state index in [1.807, 2.05) is 0 Å². The second kappa shape index (κ2) is 15.3. The number of hydrogen-bond acceptors (Lipinski definition) is 9. The second-order valence-corrected chi connectivity index (χ2v) is 11.4. The maximum absolute atomic E-state index is 12.9. The predicted octanol–water partition coefficient (Wildman–Crippen LogP) is 1.62. The van der Waals surface area contributed by atoms with Crippen molar-refractivity contribution in [3.8, 4) is 0 Å². The van der Waals surface area contributed by atoms with Gasteiger partial charge in [0.25, 0.3) is 0 Å². The van der Waals surface area contributed by atoms with Crippen LogP contribution in [0.4, 0.5) is 0 Å². The summed E-state index contributed by atoms with van der Waals surface area (Å²) in [4.78, 5) is 41.9. The third-order valence-electron chi connectivity index (χ3n) is 6.33. The van der Waals surface area contributed by atoms with Gasteiger partial charge in [0.1, 0.15) is 6.04 Å². The highest BCUT2D eigenvalue weighted by atomic mass is 32.2. The van der Waals surface area contributed by atoms with Crippen molar-refractivity contribution in [2.45, 2.75) is 89.9 Å². The number of ether oxygens (including phenoxy) is 1. The van der Waals surface area contributed by atoms with Gasteiger partial charge in [-0.3, -0.25) is 9.59 Å². The van der Waals surface area contributed by atoms with E-state index in [2.05, 4.69) is 17.0 Å². The molecule has 1 fully saturated rings. The lowest BCUT2D eigenvalue weighted by Gasteiger charge is -2.37. The molecule has 0 aromatic heterocycles. The van der Waals surface area contributed by atoms with Crippen LogP contribution in [0.1, 0.15) is 77.6 Å². The SMILES string of the molecule is CCCCCCCCCCCC(=O)ON1CCN(S(C)(=O)=O)CC1C(=O)NCCC1=CC(=O)OC1O. The van der Waals surface area contributed by atoms with Gasteiger partial charge < -0.3 is 20.0 Å². The summed E-state index contributed by atoms with van der Waals surface area (Å²) in [6.07, 6.45) is 11.4. The highest BCUT2D eigenvalue weighted by Gasteiger charge is 2.38. The average molecular weight is 532 g/mol. The van der Waals surface area contributed by atoms with Crippen LogP contribution < -0.4 is 5.32 Å². The molecule has 2 rings (SSSR count). The number of rotatable bonds is 16. The minimum Gasteiger partial charge on any atom is -0.429 e. The fourth-order valence-electron chi connectivity index (χ4n) is 4.21. The number of carbonyl (C=O) groups is 3. The Kier molecular flexibility index (Phi) is 12.8. The molecule has 12 heteroatoms. The van der Waals surface area contributed by atoms with Gasteiger partial charge in [-0.15, -0.1) is 5.06 Å². The fraction of sp³-hybridized carbons (Fsp3) is 0.792. The van der Waals surface area contributed by atoms with Crippen molar-refractivity contribution in [2.24, 2.45) is 0 Å². The number of nitrogens with zero attached hydrogens (tertiary/aromatic N) is 2. The number of carbonyl (C=O) groups excluding carboxylic acids is 3. The molecular formula is C24H41N3O8S. The summed E-state index contributed by atoms with van der Waals surface area (Å²) >= 11 is 0. The Labute approximate surface area is 214 Å². The first-order valence-electron chi connectivity index (χ1n) is 12.9. The number of piperazine rings is 1. The number of aliphatic hydroxyl groups excluding tert-OH is 1. The number of nitrogens with one attached hydrogen (secondary N) is 1. The van der Waals surface area contributed by atoms with Crippen LogP contribution in [0.2, 0.25) is 0 Å². The van der Waals surface area contributed by atoms with E-state index >= 15 is 0 Å². The number of amides is 1. The molecule has 2 aliphatic heterocycles. The van der Waals surface area contributed by atoms with Crippen molar-refractivity contribution < 1.29 is 37.5 Å². The molecule has 2 aliphatic rings. The molecule has 2 heterocycles. The molecule has 1 saturated heterocycles. The van der Waals surface area contributed by atoms with Crippen molar-refractivity contribution in [2.75, 3.05) is 32.4 Å². The molecule has 36 heavy (non-hydrogen) atoms. The summed E-state index contributed by atoms with van der Waals surface area (Å²) in [5.74, 6) is -1.61. The standard InChI is InChI=1S/C24H41N3O8S/c1-3-4-5-6-7-8-9-10-11-12-21(28)35-27-16-15-26(36(2,32)33)18-20(27)23(30)25-14-13-19-17-22(29)34-24(19)31/h17,20,24,31H,3-16,18H2,1-2H3,(H,25,30). The minimum atomic E-state index is -3.53. The maximum Gasteiger partial charge on any atom is 0.333 e. The number of sulfonamides is 1. The fourth-order valence-corrected chi connectivity index (χ4v) is 5.03. The number of cyclic esters (lactones) is 1. The van der Waals surface area contributed by atoms with Gasteiger partial charge in [-0.2, -0.15) is 4.31 Å². The molecule has 2 N–H and O–H groups in total. The lowest BCUT2D eigenvalue weighted by molar-refractivity contribution is -0.209. The first-order valence-corrected chi connectivity index (χ1v) is 14.8. The molecule has 0 aromatic rings. The molecule has 0 aliphatic carbocycles. The van der Waals surface area contributed by atoms with Gasteiger partial charge in [0.15, 0.2) is 0 Å². The van der Waals surface area contributed by atoms with Crippen molar-refractivity contribution in [3.63, 3.8) is 0 Å². The van der Waals surface area contributed by atoms with Crippen molar-refractivity contribution in [3.05, 3.63) is 11.6 Å². The smallest absolute Gasteiger partial charge is 0.333 e. The van der Waals surface area contributed by atoms with E-state index in [-0.39, 0.29) is 39.0 Å². The molecule has 1 amide bonds. The van der Waals surface area contributed by atoms with Crippen LogP contribution in [-0.2, 0) is 34.0 Å². The molecular weight excluding hydrogens is 490 g/mol. The van der Waals surface area contributed by atoms with E-state index in [9.17, 15) is 27.9 Å². The Bertz CT molecular complexity index is 877. The number of aliphatic hydroxyl groups is 1. The molecule has 11 nitrogen and oxygen atoms in total. The van der Waals surface area contributed by atoms with E-state index in [1.54, 1.807) is 0 Å². The average Bonchev–Trinajstić information content (AvgIpc) is 3.14. The van der Waals surface area contributed by atoms with Crippen molar-refractivity contribution >= 4 is 27.9 Å². The predicted molar refractivity (Wildman–Crippen MR) is 133 cm³/mol. The Morgan fingerprint density at radius 1 is 1.11 bits per heavy atom. The number of hydrogen-bond donors (Lipinski definition) is 2. The van der Waals surface area contributed by atoms with Crippen LogP contribution in [0.15, 0.2) is 11.6 Å². The molecule has 0 bridgehead atoms. The zero-order chi connectivity index (χ0) is 26.6. The van der Waals surface area contributed by atoms with Crippen LogP contribution in [0.5, 0.6) is 0 Å². The summed E-state index contributed by atoms with van der Waals surface area (Å²) < 4.78 is 29.8. The number of hydroxylamine groups is 2. The third kappa shape index (κ3) is 10.5. The summed E-state index contributed by atoms with van der Waals surface area (Å²) in [6.45, 7) is 2.31. The van der Waals surface area contributed by atoms with Crippen LogP contribution in [-0.4, -0.2) is 85.5 Å². The molecule has 0 aromatic carbocycles. The van der Waals surface area contributed by atoms with E-state index in [0.717, 1.165) is 25.5 Å². The van der Waals surface area contributed by atoms with Gasteiger partial charge in [-0.25, -0.2) is 13.2 Å². The first-order chi connectivity index (χ1) is 17.1. The minimum absolute atomic E-state index is 0.0703. The third-order valence-corrected chi connectivity index (χ3v) is 7.60. The Hall–Kier alpha value is -2.02. The van der Waals surface area contributed by atoms with Crippen molar-refractivity contribution in [1.82, 2.24) is 14.7 Å². The number of esters is 1. The largest absolute Gasteiger partial charge is 0.429 e. The quantitative estimate of drug-likeness (QED) is 0.224. The van der Waals surface area contributed by atoms with Gasteiger partial charge in [0.2, 0.25) is 22.2 Å². The van der Waals surface area contributed by atoms with Crippen LogP contribution in [0.3, 0.4) is 0 Å². The monoisotopic (exact) mass is 531 g/mol. The normalized spacial score (nSPS) is 21.2. The van der Waals surface area contributed by atoms with E-state index in [0.29, 0.717) is 12.0 Å². The van der Waals surface area contributed by atoms with E-state index in [4.69, 9.17) is 4.84 Å². The number of unbranched alkanes of at least 4 members (excludes halogenated alkanes) is 8. The summed E-state index contributed by atoms with van der Waals surface area (Å²) in [5.41, 5.74) is 0.339. The van der Waals surface area contributed by atoms with Gasteiger partial charge in [-0.05, 0) is 12.8 Å². The Morgan fingerprint density at radius 3 is 2.33 bits per heavy atom. The topological polar surface area (TPSA) is 143 Å². The Morgan fingerprint density at radius 2 is 1.75 bits per heavy atom. The first kappa shape index (κ1) is 30.2. The molecule has 2 unspecified atom stereocenters. The highest BCUT2D eigenvalue weighted by Crippen LogP contribution is 2.18. The van der Waals surface area contributed by atoms with Crippen LogP contribution in [0.25, 0.3) is 0 Å². The summed E-state index contributed by atoms with van der Waals surface area (Å²) in [5, 5.41) is 13.6. The van der Waals surface area contributed by atoms with Crippen molar-refractivity contribution in [1.29, 1.82) is 0 Å². The van der Waals surface area contributed by atoms with Gasteiger partial charge in [-0.1, -0.05) is 58.3 Å². The van der Waals surface area contributed by atoms with Crippen LogP contribution >= 0.6 is 0 Å². The zero-order valence-electron chi connectivity index (χ0n) is 21.4. The highest BCUT2D eigenvalue weighted by molar-refractivity contribution is 7.88. The molecule has 206 valence electrons. The van der Waals surface area contributed by atoms with Gasteiger partial charge in [0, 0.05) is 44.2 Å². The molecule has 0 saturated carbocycles. The summed E-state index contributed by atoms with van der Waals surface area (Å²) in [7, 11) is -3.53. The maximum atomic E-state index is 12.9. The lowest BCUT2D eigenvalue weighted by Crippen LogP contribution is -2.60. The summed E-state index contributed by atoms with van der Waals surface area (Å²) in [6, 6.07) is -1.01. The van der Waals surface area contributed by atoms with Crippen LogP contribution in [0, 0.1) is 0 Å².